The van der Waals surface area contributed by atoms with Crippen LogP contribution in [0.1, 0.15) is 31.6 Å². The lowest BCUT2D eigenvalue weighted by Gasteiger charge is -2.29. The molecule has 2 aromatic rings. The van der Waals surface area contributed by atoms with Gasteiger partial charge in [-0.3, -0.25) is 4.79 Å². The van der Waals surface area contributed by atoms with Crippen LogP contribution >= 0.6 is 0 Å². The molecular formula is C18H19F3N2O2. The summed E-state index contributed by atoms with van der Waals surface area (Å²) in [7, 11) is 0. The zero-order chi connectivity index (χ0) is 17.9. The molecule has 0 saturated heterocycles. The van der Waals surface area contributed by atoms with Crippen LogP contribution in [-0.4, -0.2) is 17.1 Å². The molecule has 1 aromatic heterocycles. The van der Waals surface area contributed by atoms with Crippen LogP contribution < -0.4 is 5.32 Å². The van der Waals surface area contributed by atoms with Crippen molar-refractivity contribution in [2.75, 3.05) is 0 Å². The van der Waals surface area contributed by atoms with Crippen molar-refractivity contribution < 1.29 is 22.4 Å². The molecule has 2 unspecified atom stereocenters. The first kappa shape index (κ1) is 17.5. The molecule has 0 spiro atoms. The smallest absolute Gasteiger partial charge is 0.391 e. The van der Waals surface area contributed by atoms with Crippen LogP contribution in [-0.2, 0) is 11.3 Å². The molecule has 1 amide bonds. The molecule has 4 nitrogen and oxygen atoms in total. The molecule has 1 fully saturated rings. The number of alkyl halides is 3. The van der Waals surface area contributed by atoms with Gasteiger partial charge in [0.2, 0.25) is 11.8 Å². The topological polar surface area (TPSA) is 55.1 Å². The summed E-state index contributed by atoms with van der Waals surface area (Å²) in [5.41, 5.74) is 0.868. The van der Waals surface area contributed by atoms with E-state index in [0.717, 1.165) is 5.56 Å². The van der Waals surface area contributed by atoms with E-state index in [1.165, 1.54) is 0 Å². The van der Waals surface area contributed by atoms with Crippen LogP contribution in [0.2, 0.25) is 0 Å². The van der Waals surface area contributed by atoms with Crippen LogP contribution in [0, 0.1) is 11.8 Å². The van der Waals surface area contributed by atoms with Gasteiger partial charge < -0.3 is 9.73 Å². The molecule has 25 heavy (non-hydrogen) atoms. The maximum Gasteiger partial charge on any atom is 0.391 e. The highest BCUT2D eigenvalue weighted by Crippen LogP contribution is 2.39. The van der Waals surface area contributed by atoms with E-state index in [1.807, 2.05) is 30.3 Å². The summed E-state index contributed by atoms with van der Waals surface area (Å²) in [4.78, 5) is 16.3. The summed E-state index contributed by atoms with van der Waals surface area (Å²) in [6.45, 7) is 0.0683. The van der Waals surface area contributed by atoms with Crippen molar-refractivity contribution in [2.24, 2.45) is 11.8 Å². The van der Waals surface area contributed by atoms with Gasteiger partial charge in [-0.15, -0.1) is 0 Å². The largest absolute Gasteiger partial charge is 0.439 e. The number of aromatic nitrogens is 1. The average molecular weight is 352 g/mol. The molecular weight excluding hydrogens is 333 g/mol. The second-order valence-electron chi connectivity index (χ2n) is 6.30. The SMILES string of the molecule is O=C(NCc1ncc(-c2ccccc2)o1)C1CCCC(C(F)(F)F)C1. The number of carbonyl (C=O) groups excluding carboxylic acids is 1. The van der Waals surface area contributed by atoms with E-state index < -0.39 is 18.0 Å². The molecule has 7 heteroatoms. The number of nitrogens with one attached hydrogen (secondary N) is 1. The second-order valence-corrected chi connectivity index (χ2v) is 6.30. The highest BCUT2D eigenvalue weighted by atomic mass is 19.4. The third-order valence-corrected chi connectivity index (χ3v) is 4.53. The summed E-state index contributed by atoms with van der Waals surface area (Å²) in [6.07, 6.45) is -1.80. The van der Waals surface area contributed by atoms with Gasteiger partial charge in [-0.05, 0) is 19.3 Å². The average Bonchev–Trinajstić information content (AvgIpc) is 3.09. The molecule has 0 bridgehead atoms. The number of rotatable bonds is 4. The van der Waals surface area contributed by atoms with Crippen molar-refractivity contribution in [1.82, 2.24) is 10.3 Å². The zero-order valence-corrected chi connectivity index (χ0v) is 13.6. The predicted molar refractivity (Wildman–Crippen MR) is 85.3 cm³/mol. The molecule has 3 rings (SSSR count). The van der Waals surface area contributed by atoms with Gasteiger partial charge in [0, 0.05) is 11.5 Å². The van der Waals surface area contributed by atoms with Crippen LogP contribution in [0.5, 0.6) is 0 Å². The monoisotopic (exact) mass is 352 g/mol. The van der Waals surface area contributed by atoms with E-state index >= 15 is 0 Å². The van der Waals surface area contributed by atoms with E-state index in [4.69, 9.17) is 4.42 Å². The maximum absolute atomic E-state index is 12.8. The van der Waals surface area contributed by atoms with Gasteiger partial charge >= 0.3 is 6.18 Å². The molecule has 1 heterocycles. The van der Waals surface area contributed by atoms with Crippen LogP contribution in [0.4, 0.5) is 13.2 Å². The Bertz CT molecular complexity index is 713. The van der Waals surface area contributed by atoms with Gasteiger partial charge in [0.1, 0.15) is 0 Å². The third-order valence-electron chi connectivity index (χ3n) is 4.53. The fourth-order valence-corrected chi connectivity index (χ4v) is 3.16. The quantitative estimate of drug-likeness (QED) is 0.891. The number of hydrogen-bond donors (Lipinski definition) is 1. The summed E-state index contributed by atoms with van der Waals surface area (Å²) in [6, 6.07) is 9.39. The van der Waals surface area contributed by atoms with Gasteiger partial charge in [-0.25, -0.2) is 4.98 Å². The van der Waals surface area contributed by atoms with Gasteiger partial charge in [-0.2, -0.15) is 13.2 Å². The number of benzene rings is 1. The number of carbonyl (C=O) groups is 1. The minimum Gasteiger partial charge on any atom is -0.439 e. The van der Waals surface area contributed by atoms with Crippen molar-refractivity contribution in [2.45, 2.75) is 38.4 Å². The lowest BCUT2D eigenvalue weighted by molar-refractivity contribution is -0.186. The molecule has 1 saturated carbocycles. The van der Waals surface area contributed by atoms with Crippen LogP contribution in [0.3, 0.4) is 0 Å². The van der Waals surface area contributed by atoms with E-state index in [1.54, 1.807) is 6.20 Å². The normalized spacial score (nSPS) is 21.1. The molecule has 1 aromatic carbocycles. The van der Waals surface area contributed by atoms with E-state index in [-0.39, 0.29) is 25.3 Å². The lowest BCUT2D eigenvalue weighted by atomic mass is 9.80. The Morgan fingerprint density at radius 1 is 1.24 bits per heavy atom. The molecule has 0 radical (unpaired) electrons. The number of amides is 1. The number of oxazole rings is 1. The molecule has 2 atom stereocenters. The zero-order valence-electron chi connectivity index (χ0n) is 13.6. The molecule has 1 N–H and O–H groups in total. The number of nitrogens with zero attached hydrogens (tertiary/aromatic N) is 1. The molecule has 1 aliphatic rings. The highest BCUT2D eigenvalue weighted by molar-refractivity contribution is 5.78. The standard InChI is InChI=1S/C18H19F3N2O2/c19-18(20,21)14-8-4-7-13(9-14)17(24)23-11-16-22-10-15(25-16)12-5-2-1-3-6-12/h1-3,5-6,10,13-14H,4,7-9,11H2,(H,23,24). The summed E-state index contributed by atoms with van der Waals surface area (Å²) in [5.74, 6) is -1.45. The Labute approximate surface area is 143 Å². The van der Waals surface area contributed by atoms with Gasteiger partial charge in [0.05, 0.1) is 18.7 Å². The van der Waals surface area contributed by atoms with Gasteiger partial charge in [0.25, 0.3) is 0 Å². The highest BCUT2D eigenvalue weighted by Gasteiger charge is 2.43. The van der Waals surface area contributed by atoms with Gasteiger partial charge in [-0.1, -0.05) is 36.8 Å². The van der Waals surface area contributed by atoms with Crippen molar-refractivity contribution in [3.63, 3.8) is 0 Å². The van der Waals surface area contributed by atoms with E-state index in [9.17, 15) is 18.0 Å². The second kappa shape index (κ2) is 7.29. The first-order chi connectivity index (χ1) is 11.9. The number of halogens is 3. The van der Waals surface area contributed by atoms with Gasteiger partial charge in [0.15, 0.2) is 5.76 Å². The Morgan fingerprint density at radius 2 is 2.00 bits per heavy atom. The van der Waals surface area contributed by atoms with Crippen molar-refractivity contribution in [1.29, 1.82) is 0 Å². The maximum atomic E-state index is 12.8. The molecule has 0 aliphatic heterocycles. The third kappa shape index (κ3) is 4.41. The minimum absolute atomic E-state index is 0.0683. The molecule has 134 valence electrons. The first-order valence-electron chi connectivity index (χ1n) is 8.28. The summed E-state index contributed by atoms with van der Waals surface area (Å²) in [5, 5.41) is 2.64. The Hall–Kier alpha value is -2.31. The van der Waals surface area contributed by atoms with Crippen LogP contribution in [0.25, 0.3) is 11.3 Å². The molecule has 1 aliphatic carbocycles. The van der Waals surface area contributed by atoms with Crippen molar-refractivity contribution in [3.05, 3.63) is 42.4 Å². The fourth-order valence-electron chi connectivity index (χ4n) is 3.16. The fraction of sp³-hybridized carbons (Fsp3) is 0.444. The Balaban J connectivity index is 1.55. The van der Waals surface area contributed by atoms with E-state index in [2.05, 4.69) is 10.3 Å². The van der Waals surface area contributed by atoms with E-state index in [0.29, 0.717) is 24.5 Å². The summed E-state index contributed by atoms with van der Waals surface area (Å²) >= 11 is 0. The Morgan fingerprint density at radius 3 is 2.72 bits per heavy atom. The minimum atomic E-state index is -4.23. The predicted octanol–water partition coefficient (Wildman–Crippen LogP) is 4.33. The number of hydrogen-bond acceptors (Lipinski definition) is 3. The van der Waals surface area contributed by atoms with Crippen LogP contribution in [0.15, 0.2) is 40.9 Å². The Kier molecular flexibility index (Phi) is 5.11. The van der Waals surface area contributed by atoms with Crippen molar-refractivity contribution in [3.8, 4) is 11.3 Å². The summed E-state index contributed by atoms with van der Waals surface area (Å²) < 4.78 is 44.1. The first-order valence-corrected chi connectivity index (χ1v) is 8.28. The lowest BCUT2D eigenvalue weighted by Crippen LogP contribution is -2.37. The van der Waals surface area contributed by atoms with Crippen molar-refractivity contribution >= 4 is 5.91 Å².